The van der Waals surface area contributed by atoms with Crippen molar-refractivity contribution >= 4 is 5.69 Å². The summed E-state index contributed by atoms with van der Waals surface area (Å²) in [6, 6.07) is 0. The largest absolute Gasteiger partial charge is 0.471 e. The number of hydrogen-bond donors (Lipinski definition) is 1. The fourth-order valence-electron chi connectivity index (χ4n) is 0.887. The van der Waals surface area contributed by atoms with E-state index in [9.17, 15) is 0 Å². The van der Waals surface area contributed by atoms with Gasteiger partial charge in [0.1, 0.15) is 18.1 Å². The molecule has 0 saturated carbocycles. The van der Waals surface area contributed by atoms with Gasteiger partial charge in [-0.15, -0.1) is 0 Å². The highest BCUT2D eigenvalue weighted by Gasteiger charge is 2.06. The van der Waals surface area contributed by atoms with Crippen LogP contribution in [0.3, 0.4) is 0 Å². The van der Waals surface area contributed by atoms with Gasteiger partial charge in [-0.05, 0) is 6.92 Å². The summed E-state index contributed by atoms with van der Waals surface area (Å²) >= 11 is 0. The predicted molar refractivity (Wildman–Crippen MR) is 48.4 cm³/mol. The van der Waals surface area contributed by atoms with Gasteiger partial charge in [0.15, 0.2) is 0 Å². The number of ether oxygens (including phenoxy) is 2. The van der Waals surface area contributed by atoms with Crippen LogP contribution in [0.2, 0.25) is 0 Å². The molecule has 1 unspecified atom stereocenters. The van der Waals surface area contributed by atoms with E-state index in [0.717, 1.165) is 0 Å². The summed E-state index contributed by atoms with van der Waals surface area (Å²) in [6.07, 6.45) is 2.83. The van der Waals surface area contributed by atoms with Crippen molar-refractivity contribution in [1.29, 1.82) is 0 Å². The number of methoxy groups -OCH3 is 1. The van der Waals surface area contributed by atoms with Crippen LogP contribution in [0.25, 0.3) is 0 Å². The Bertz CT molecular complexity index is 267. The third kappa shape index (κ3) is 2.87. The number of nitrogens with two attached hydrogens (primary N) is 1. The number of aromatic nitrogens is 2. The van der Waals surface area contributed by atoms with Gasteiger partial charge in [0, 0.05) is 7.11 Å². The molecule has 1 aromatic rings. The molecule has 0 aromatic carbocycles. The Labute approximate surface area is 76.9 Å². The Balaban J connectivity index is 2.58. The molecule has 0 amide bonds. The topological polar surface area (TPSA) is 70.3 Å². The van der Waals surface area contributed by atoms with Crippen molar-refractivity contribution in [3.63, 3.8) is 0 Å². The molecular formula is C8H13N3O2. The molecule has 5 nitrogen and oxygen atoms in total. The lowest BCUT2D eigenvalue weighted by molar-refractivity contribution is 0.0894. The number of nitrogen functional groups attached to an aromatic ring is 1. The minimum atomic E-state index is -0.0674. The van der Waals surface area contributed by atoms with E-state index in [-0.39, 0.29) is 6.10 Å². The van der Waals surface area contributed by atoms with Gasteiger partial charge < -0.3 is 15.2 Å². The lowest BCUT2D eigenvalue weighted by Crippen LogP contribution is -2.19. The zero-order chi connectivity index (χ0) is 9.68. The third-order valence-electron chi connectivity index (χ3n) is 1.42. The molecule has 0 aliphatic heterocycles. The minimum Gasteiger partial charge on any atom is -0.471 e. The van der Waals surface area contributed by atoms with Crippen LogP contribution in [0.5, 0.6) is 5.88 Å². The minimum absolute atomic E-state index is 0.0674. The van der Waals surface area contributed by atoms with Crippen LogP contribution in [0.15, 0.2) is 12.5 Å². The van der Waals surface area contributed by atoms with Crippen LogP contribution in [-0.2, 0) is 4.74 Å². The van der Waals surface area contributed by atoms with Crippen LogP contribution in [-0.4, -0.2) is 29.8 Å². The van der Waals surface area contributed by atoms with Crippen molar-refractivity contribution in [2.24, 2.45) is 0 Å². The first-order valence-electron chi connectivity index (χ1n) is 3.95. The molecule has 1 heterocycles. The van der Waals surface area contributed by atoms with Crippen molar-refractivity contribution in [3.05, 3.63) is 12.5 Å². The van der Waals surface area contributed by atoms with E-state index in [2.05, 4.69) is 9.97 Å². The van der Waals surface area contributed by atoms with E-state index in [4.69, 9.17) is 15.2 Å². The molecule has 0 spiro atoms. The maximum Gasteiger partial charge on any atom is 0.240 e. The van der Waals surface area contributed by atoms with Crippen molar-refractivity contribution in [2.45, 2.75) is 13.0 Å². The molecule has 72 valence electrons. The zero-order valence-corrected chi connectivity index (χ0v) is 7.73. The molecule has 1 aromatic heterocycles. The lowest BCUT2D eigenvalue weighted by atomic mass is 10.4. The Kier molecular flexibility index (Phi) is 3.45. The lowest BCUT2D eigenvalue weighted by Gasteiger charge is -2.13. The average molecular weight is 183 g/mol. The highest BCUT2D eigenvalue weighted by molar-refractivity contribution is 5.44. The Morgan fingerprint density at radius 2 is 2.38 bits per heavy atom. The highest BCUT2D eigenvalue weighted by atomic mass is 16.5. The predicted octanol–water partition coefficient (Wildman–Crippen LogP) is 0.473. The summed E-state index contributed by atoms with van der Waals surface area (Å²) in [5, 5.41) is 0. The van der Waals surface area contributed by atoms with Gasteiger partial charge in [0.2, 0.25) is 5.88 Å². The summed E-state index contributed by atoms with van der Waals surface area (Å²) in [5.41, 5.74) is 6.01. The number of rotatable bonds is 4. The van der Waals surface area contributed by atoms with Crippen molar-refractivity contribution in [2.75, 3.05) is 19.5 Å². The summed E-state index contributed by atoms with van der Waals surface area (Å²) in [5.74, 6) is 0.402. The number of nitrogens with zero attached hydrogens (tertiary/aromatic N) is 2. The molecule has 0 aliphatic rings. The SMILES string of the molecule is COCC(C)Oc1ncncc1N. The molecule has 0 saturated heterocycles. The van der Waals surface area contributed by atoms with Gasteiger partial charge in [0.05, 0.1) is 12.8 Å². The van der Waals surface area contributed by atoms with Gasteiger partial charge in [-0.2, -0.15) is 4.98 Å². The molecule has 0 radical (unpaired) electrons. The van der Waals surface area contributed by atoms with Gasteiger partial charge in [-0.3, -0.25) is 0 Å². The van der Waals surface area contributed by atoms with Crippen LogP contribution in [0, 0.1) is 0 Å². The average Bonchev–Trinajstić information content (AvgIpc) is 2.09. The van der Waals surface area contributed by atoms with Gasteiger partial charge in [-0.1, -0.05) is 0 Å². The van der Waals surface area contributed by atoms with Gasteiger partial charge in [0.25, 0.3) is 0 Å². The molecule has 13 heavy (non-hydrogen) atoms. The first-order valence-corrected chi connectivity index (χ1v) is 3.95. The number of hydrogen-bond acceptors (Lipinski definition) is 5. The Hall–Kier alpha value is -1.36. The fourth-order valence-corrected chi connectivity index (χ4v) is 0.887. The van der Waals surface area contributed by atoms with Crippen molar-refractivity contribution in [3.8, 4) is 5.88 Å². The molecule has 0 bridgehead atoms. The monoisotopic (exact) mass is 183 g/mol. The summed E-state index contributed by atoms with van der Waals surface area (Å²) in [4.78, 5) is 7.64. The molecule has 1 rings (SSSR count). The van der Waals surface area contributed by atoms with Crippen LogP contribution >= 0.6 is 0 Å². The van der Waals surface area contributed by atoms with Crippen molar-refractivity contribution < 1.29 is 9.47 Å². The maximum atomic E-state index is 5.57. The molecule has 2 N–H and O–H groups in total. The van der Waals surface area contributed by atoms with E-state index in [1.807, 2.05) is 6.92 Å². The fraction of sp³-hybridized carbons (Fsp3) is 0.500. The highest BCUT2D eigenvalue weighted by Crippen LogP contribution is 2.15. The van der Waals surface area contributed by atoms with Gasteiger partial charge in [-0.25, -0.2) is 4.98 Å². The molecule has 1 atom stereocenters. The normalized spacial score (nSPS) is 12.5. The molecule has 0 fully saturated rings. The third-order valence-corrected chi connectivity index (χ3v) is 1.42. The Morgan fingerprint density at radius 1 is 1.62 bits per heavy atom. The Morgan fingerprint density at radius 3 is 3.00 bits per heavy atom. The van der Waals surface area contributed by atoms with Gasteiger partial charge >= 0.3 is 0 Å². The second kappa shape index (κ2) is 4.61. The second-order valence-electron chi connectivity index (χ2n) is 2.67. The maximum absolute atomic E-state index is 5.57. The van der Waals surface area contributed by atoms with Crippen LogP contribution in [0.1, 0.15) is 6.92 Å². The summed E-state index contributed by atoms with van der Waals surface area (Å²) in [7, 11) is 1.61. The van der Waals surface area contributed by atoms with E-state index >= 15 is 0 Å². The van der Waals surface area contributed by atoms with E-state index < -0.39 is 0 Å². The van der Waals surface area contributed by atoms with E-state index in [1.165, 1.54) is 12.5 Å². The summed E-state index contributed by atoms with van der Waals surface area (Å²) < 4.78 is 10.3. The van der Waals surface area contributed by atoms with E-state index in [1.54, 1.807) is 7.11 Å². The van der Waals surface area contributed by atoms with E-state index in [0.29, 0.717) is 18.2 Å². The standard InChI is InChI=1S/C8H13N3O2/c1-6(4-12-2)13-8-7(9)3-10-5-11-8/h3,5-6H,4,9H2,1-2H3. The zero-order valence-electron chi connectivity index (χ0n) is 7.73. The smallest absolute Gasteiger partial charge is 0.240 e. The quantitative estimate of drug-likeness (QED) is 0.734. The van der Waals surface area contributed by atoms with Crippen molar-refractivity contribution in [1.82, 2.24) is 9.97 Å². The first kappa shape index (κ1) is 9.73. The molecular weight excluding hydrogens is 170 g/mol. The van der Waals surface area contributed by atoms with Crippen LogP contribution < -0.4 is 10.5 Å². The first-order chi connectivity index (χ1) is 6.24. The molecule has 0 aliphatic carbocycles. The van der Waals surface area contributed by atoms with Crippen LogP contribution in [0.4, 0.5) is 5.69 Å². The second-order valence-corrected chi connectivity index (χ2v) is 2.67. The summed E-state index contributed by atoms with van der Waals surface area (Å²) in [6.45, 7) is 2.38. The molecule has 5 heteroatoms. The number of anilines is 1.